The molecule has 1 heterocycles. The van der Waals surface area contributed by atoms with Gasteiger partial charge in [0.1, 0.15) is 5.75 Å². The van der Waals surface area contributed by atoms with Gasteiger partial charge in [-0.3, -0.25) is 4.90 Å². The molecule has 2 N–H and O–H groups in total. The van der Waals surface area contributed by atoms with Gasteiger partial charge >= 0.3 is 0 Å². The van der Waals surface area contributed by atoms with Crippen molar-refractivity contribution in [3.63, 3.8) is 0 Å². The van der Waals surface area contributed by atoms with E-state index in [2.05, 4.69) is 15.9 Å². The van der Waals surface area contributed by atoms with Gasteiger partial charge in [-0.15, -0.1) is 0 Å². The van der Waals surface area contributed by atoms with Crippen LogP contribution < -0.4 is 15.4 Å². The highest BCUT2D eigenvalue weighted by Crippen LogP contribution is 2.31. The maximum absolute atomic E-state index is 5.82. The van der Waals surface area contributed by atoms with Gasteiger partial charge in [-0.2, -0.15) is 0 Å². The number of nitrogens with zero attached hydrogens (tertiary/aromatic N) is 2. The summed E-state index contributed by atoms with van der Waals surface area (Å²) < 4.78 is 11.2. The average molecular weight is 291 g/mol. The second-order valence-electron chi connectivity index (χ2n) is 5.83. The molecule has 5 nitrogen and oxygen atoms in total. The SMILES string of the molecule is COc1cc(N)ccc1N1CCN(CCOC2CC2)CC1. The molecule has 3 rings (SSSR count). The van der Waals surface area contributed by atoms with E-state index >= 15 is 0 Å². The van der Waals surface area contributed by atoms with Crippen LogP contribution in [0, 0.1) is 0 Å². The molecule has 1 saturated heterocycles. The van der Waals surface area contributed by atoms with Crippen molar-refractivity contribution in [1.82, 2.24) is 4.90 Å². The van der Waals surface area contributed by atoms with Crippen molar-refractivity contribution in [2.24, 2.45) is 0 Å². The zero-order chi connectivity index (χ0) is 14.7. The molecule has 0 aromatic heterocycles. The first-order valence-corrected chi connectivity index (χ1v) is 7.78. The van der Waals surface area contributed by atoms with Crippen LogP contribution in [0.3, 0.4) is 0 Å². The van der Waals surface area contributed by atoms with Crippen LogP contribution in [-0.4, -0.2) is 57.4 Å². The Morgan fingerprint density at radius 2 is 1.95 bits per heavy atom. The van der Waals surface area contributed by atoms with Crippen molar-refractivity contribution in [2.75, 3.05) is 57.1 Å². The van der Waals surface area contributed by atoms with Crippen molar-refractivity contribution in [3.8, 4) is 5.75 Å². The molecule has 0 unspecified atom stereocenters. The van der Waals surface area contributed by atoms with Crippen LogP contribution in [0.2, 0.25) is 0 Å². The normalized spacial score (nSPS) is 19.8. The van der Waals surface area contributed by atoms with E-state index in [4.69, 9.17) is 15.2 Å². The lowest BCUT2D eigenvalue weighted by atomic mass is 10.2. The largest absolute Gasteiger partial charge is 0.495 e. The second-order valence-corrected chi connectivity index (χ2v) is 5.83. The molecule has 1 aliphatic heterocycles. The van der Waals surface area contributed by atoms with Crippen molar-refractivity contribution in [3.05, 3.63) is 18.2 Å². The number of hydrogen-bond donors (Lipinski definition) is 1. The van der Waals surface area contributed by atoms with E-state index in [9.17, 15) is 0 Å². The summed E-state index contributed by atoms with van der Waals surface area (Å²) in [6.45, 7) is 6.09. The molecule has 0 radical (unpaired) electrons. The number of hydrogen-bond acceptors (Lipinski definition) is 5. The molecule has 0 atom stereocenters. The van der Waals surface area contributed by atoms with E-state index in [1.54, 1.807) is 7.11 Å². The zero-order valence-electron chi connectivity index (χ0n) is 12.8. The first-order chi connectivity index (χ1) is 10.3. The summed E-state index contributed by atoms with van der Waals surface area (Å²) in [4.78, 5) is 4.85. The van der Waals surface area contributed by atoms with Gasteiger partial charge in [-0.1, -0.05) is 0 Å². The summed E-state index contributed by atoms with van der Waals surface area (Å²) in [5.74, 6) is 0.862. The Bertz CT molecular complexity index is 469. The Morgan fingerprint density at radius 3 is 2.62 bits per heavy atom. The molecule has 5 heteroatoms. The van der Waals surface area contributed by atoms with Crippen LogP contribution in [0.15, 0.2) is 18.2 Å². The fourth-order valence-corrected chi connectivity index (χ4v) is 2.75. The van der Waals surface area contributed by atoms with E-state index in [0.717, 1.165) is 56.5 Å². The van der Waals surface area contributed by atoms with E-state index < -0.39 is 0 Å². The summed E-state index contributed by atoms with van der Waals surface area (Å²) >= 11 is 0. The van der Waals surface area contributed by atoms with Crippen LogP contribution in [0.1, 0.15) is 12.8 Å². The number of methoxy groups -OCH3 is 1. The van der Waals surface area contributed by atoms with Gasteiger partial charge < -0.3 is 20.1 Å². The molecule has 1 aromatic carbocycles. The molecular formula is C16H25N3O2. The number of nitrogen functional groups attached to an aromatic ring is 1. The third kappa shape index (κ3) is 3.80. The monoisotopic (exact) mass is 291 g/mol. The first-order valence-electron chi connectivity index (χ1n) is 7.78. The van der Waals surface area contributed by atoms with Gasteiger partial charge in [0, 0.05) is 44.5 Å². The molecule has 1 aromatic rings. The van der Waals surface area contributed by atoms with Gasteiger partial charge in [-0.25, -0.2) is 0 Å². The zero-order valence-corrected chi connectivity index (χ0v) is 12.8. The van der Waals surface area contributed by atoms with Gasteiger partial charge in [0.05, 0.1) is 25.5 Å². The molecule has 0 spiro atoms. The predicted molar refractivity (Wildman–Crippen MR) is 85.0 cm³/mol. The van der Waals surface area contributed by atoms with Gasteiger partial charge in [0.25, 0.3) is 0 Å². The second kappa shape index (κ2) is 6.54. The molecule has 21 heavy (non-hydrogen) atoms. The fraction of sp³-hybridized carbons (Fsp3) is 0.625. The summed E-state index contributed by atoms with van der Waals surface area (Å²) in [6.07, 6.45) is 3.07. The smallest absolute Gasteiger partial charge is 0.144 e. The van der Waals surface area contributed by atoms with E-state index in [1.165, 1.54) is 12.8 Å². The predicted octanol–water partition coefficient (Wildman–Crippen LogP) is 1.58. The molecule has 0 bridgehead atoms. The lowest BCUT2D eigenvalue weighted by Gasteiger charge is -2.36. The van der Waals surface area contributed by atoms with Crippen molar-refractivity contribution >= 4 is 11.4 Å². The lowest BCUT2D eigenvalue weighted by Crippen LogP contribution is -2.47. The maximum atomic E-state index is 5.82. The van der Waals surface area contributed by atoms with Gasteiger partial charge in [-0.05, 0) is 25.0 Å². The van der Waals surface area contributed by atoms with Gasteiger partial charge in [0.2, 0.25) is 0 Å². The Labute approximate surface area is 126 Å². The van der Waals surface area contributed by atoms with Crippen molar-refractivity contribution in [1.29, 1.82) is 0 Å². The lowest BCUT2D eigenvalue weighted by molar-refractivity contribution is 0.0899. The Hall–Kier alpha value is -1.46. The Morgan fingerprint density at radius 1 is 1.19 bits per heavy atom. The number of piperazine rings is 1. The van der Waals surface area contributed by atoms with E-state index in [1.807, 2.05) is 12.1 Å². The van der Waals surface area contributed by atoms with Crippen LogP contribution >= 0.6 is 0 Å². The highest BCUT2D eigenvalue weighted by atomic mass is 16.5. The van der Waals surface area contributed by atoms with Crippen LogP contribution in [0.5, 0.6) is 5.75 Å². The Kier molecular flexibility index (Phi) is 4.51. The van der Waals surface area contributed by atoms with Crippen molar-refractivity contribution < 1.29 is 9.47 Å². The standard InChI is InChI=1S/C16H25N3O2/c1-20-16-12-13(17)2-5-15(16)19-8-6-18(7-9-19)10-11-21-14-3-4-14/h2,5,12,14H,3-4,6-11,17H2,1H3. The minimum absolute atomic E-state index is 0.560. The molecule has 1 aliphatic carbocycles. The quantitative estimate of drug-likeness (QED) is 0.807. The number of rotatable bonds is 6. The summed E-state index contributed by atoms with van der Waals surface area (Å²) in [5, 5.41) is 0. The van der Waals surface area contributed by atoms with E-state index in [0.29, 0.717) is 6.10 Å². The molecule has 116 valence electrons. The summed E-state index contributed by atoms with van der Waals surface area (Å²) in [5.41, 5.74) is 7.70. The number of ether oxygens (including phenoxy) is 2. The summed E-state index contributed by atoms with van der Waals surface area (Å²) in [7, 11) is 1.70. The fourth-order valence-electron chi connectivity index (χ4n) is 2.75. The van der Waals surface area contributed by atoms with Crippen LogP contribution in [0.4, 0.5) is 11.4 Å². The molecule has 2 aliphatic rings. The number of benzene rings is 1. The highest BCUT2D eigenvalue weighted by molar-refractivity contribution is 5.64. The number of nitrogens with two attached hydrogens (primary N) is 1. The molecule has 1 saturated carbocycles. The molecule has 2 fully saturated rings. The van der Waals surface area contributed by atoms with Crippen molar-refractivity contribution in [2.45, 2.75) is 18.9 Å². The van der Waals surface area contributed by atoms with E-state index in [-0.39, 0.29) is 0 Å². The molecular weight excluding hydrogens is 266 g/mol. The van der Waals surface area contributed by atoms with Crippen LogP contribution in [-0.2, 0) is 4.74 Å². The third-order valence-corrected chi connectivity index (χ3v) is 4.20. The van der Waals surface area contributed by atoms with Gasteiger partial charge in [0.15, 0.2) is 0 Å². The number of anilines is 2. The highest BCUT2D eigenvalue weighted by Gasteiger charge is 2.23. The topological polar surface area (TPSA) is 51.0 Å². The van der Waals surface area contributed by atoms with Crippen LogP contribution in [0.25, 0.3) is 0 Å². The molecule has 0 amide bonds. The Balaban J connectivity index is 1.50. The third-order valence-electron chi connectivity index (χ3n) is 4.20. The maximum Gasteiger partial charge on any atom is 0.144 e. The minimum atomic E-state index is 0.560. The first kappa shape index (κ1) is 14.5. The summed E-state index contributed by atoms with van der Waals surface area (Å²) in [6, 6.07) is 5.89. The minimum Gasteiger partial charge on any atom is -0.495 e. The average Bonchev–Trinajstić information content (AvgIpc) is 3.32.